The predicted octanol–water partition coefficient (Wildman–Crippen LogP) is 6.02. The van der Waals surface area contributed by atoms with Crippen molar-refractivity contribution in [3.8, 4) is 11.3 Å². The van der Waals surface area contributed by atoms with Gasteiger partial charge in [-0.25, -0.2) is 4.98 Å². The molecule has 1 aromatic heterocycles. The molecule has 2 heteroatoms. The van der Waals surface area contributed by atoms with E-state index in [1.165, 1.54) is 5.39 Å². The molecule has 0 radical (unpaired) electrons. The molecule has 0 aliphatic heterocycles. The first-order chi connectivity index (χ1) is 10.7. The Hall–Kier alpha value is -2.38. The molecule has 4 aromatic rings. The van der Waals surface area contributed by atoms with Crippen LogP contribution < -0.4 is 0 Å². The second-order valence-corrected chi connectivity index (χ2v) is 5.92. The van der Waals surface area contributed by atoms with Gasteiger partial charge >= 0.3 is 0 Å². The van der Waals surface area contributed by atoms with Gasteiger partial charge in [0.25, 0.3) is 0 Å². The molecule has 0 spiro atoms. The zero-order valence-corrected chi connectivity index (χ0v) is 12.9. The molecular formula is C20H14ClN. The van der Waals surface area contributed by atoms with Crippen LogP contribution in [0.4, 0.5) is 0 Å². The van der Waals surface area contributed by atoms with Gasteiger partial charge in [-0.3, -0.25) is 0 Å². The smallest absolute Gasteiger partial charge is 0.0902 e. The molecule has 1 heterocycles. The highest BCUT2D eigenvalue weighted by molar-refractivity contribution is 6.36. The molecule has 0 saturated carbocycles. The molecule has 0 bridgehead atoms. The van der Waals surface area contributed by atoms with E-state index in [0.717, 1.165) is 33.1 Å². The molecule has 0 fully saturated rings. The second kappa shape index (κ2) is 5.11. The number of halogens is 1. The molecule has 1 nitrogen and oxygen atoms in total. The largest absolute Gasteiger partial charge is 0.246 e. The highest BCUT2D eigenvalue weighted by Crippen LogP contribution is 2.35. The molecule has 4 rings (SSSR count). The predicted molar refractivity (Wildman–Crippen MR) is 94.4 cm³/mol. The molecular weight excluding hydrogens is 290 g/mol. The van der Waals surface area contributed by atoms with E-state index in [2.05, 4.69) is 49.4 Å². The number of fused-ring (bicyclic) bond motifs is 3. The molecule has 0 amide bonds. The summed E-state index contributed by atoms with van der Waals surface area (Å²) in [4.78, 5) is 4.88. The third-order valence-corrected chi connectivity index (χ3v) is 4.24. The van der Waals surface area contributed by atoms with Crippen LogP contribution in [0.5, 0.6) is 0 Å². The maximum atomic E-state index is 6.46. The van der Waals surface area contributed by atoms with Crippen molar-refractivity contribution in [2.75, 3.05) is 0 Å². The van der Waals surface area contributed by atoms with Gasteiger partial charge in [0, 0.05) is 16.3 Å². The van der Waals surface area contributed by atoms with Gasteiger partial charge in [0.05, 0.1) is 16.2 Å². The van der Waals surface area contributed by atoms with Crippen LogP contribution in [0.3, 0.4) is 0 Å². The molecule has 0 aliphatic carbocycles. The fourth-order valence-electron chi connectivity index (χ4n) is 2.97. The first-order valence-corrected chi connectivity index (χ1v) is 7.66. The third-order valence-electron chi connectivity index (χ3n) is 3.95. The zero-order valence-electron chi connectivity index (χ0n) is 12.2. The van der Waals surface area contributed by atoms with E-state index < -0.39 is 0 Å². The van der Waals surface area contributed by atoms with Crippen molar-refractivity contribution in [1.82, 2.24) is 4.98 Å². The van der Waals surface area contributed by atoms with Crippen LogP contribution in [0.2, 0.25) is 5.02 Å². The van der Waals surface area contributed by atoms with Gasteiger partial charge in [-0.2, -0.15) is 0 Å². The molecule has 22 heavy (non-hydrogen) atoms. The number of benzene rings is 3. The monoisotopic (exact) mass is 303 g/mol. The number of hydrogen-bond donors (Lipinski definition) is 0. The van der Waals surface area contributed by atoms with Crippen LogP contribution in [-0.4, -0.2) is 4.98 Å². The highest BCUT2D eigenvalue weighted by Gasteiger charge is 2.12. The van der Waals surface area contributed by atoms with Crippen LogP contribution in [0, 0.1) is 6.92 Å². The molecule has 0 aliphatic rings. The summed E-state index contributed by atoms with van der Waals surface area (Å²) in [5.74, 6) is 0. The minimum Gasteiger partial charge on any atom is -0.246 e. The Bertz CT molecular complexity index is 991. The maximum Gasteiger partial charge on any atom is 0.0902 e. The minimum atomic E-state index is 0.706. The van der Waals surface area contributed by atoms with Crippen molar-refractivity contribution in [3.05, 3.63) is 77.3 Å². The molecule has 0 N–H and O–H groups in total. The summed E-state index contributed by atoms with van der Waals surface area (Å²) in [6.07, 6.45) is 0. The Labute approximate surface area is 134 Å². The third kappa shape index (κ3) is 2.06. The number of nitrogens with zero attached hydrogens (tertiary/aromatic N) is 1. The fraction of sp³-hybridized carbons (Fsp3) is 0.0500. The molecule has 0 unspecified atom stereocenters. The van der Waals surface area contributed by atoms with E-state index in [1.807, 2.05) is 24.3 Å². The Balaban J connectivity index is 2.21. The average Bonchev–Trinajstić information content (AvgIpc) is 2.55. The second-order valence-electron chi connectivity index (χ2n) is 5.51. The van der Waals surface area contributed by atoms with Crippen molar-refractivity contribution in [2.24, 2.45) is 0 Å². The lowest BCUT2D eigenvalue weighted by atomic mass is 9.99. The van der Waals surface area contributed by atoms with Crippen LogP contribution in [0.1, 0.15) is 5.56 Å². The normalized spacial score (nSPS) is 11.2. The number of aryl methyl sites for hydroxylation is 1. The molecule has 0 atom stereocenters. The summed E-state index contributed by atoms with van der Waals surface area (Å²) in [6, 6.07) is 22.8. The highest BCUT2D eigenvalue weighted by atomic mass is 35.5. The number of hydrogen-bond acceptors (Lipinski definition) is 1. The standard InChI is InChI=1S/C20H14ClN/c1-13-11-17-15-9-5-6-10-16(15)19(14-7-3-2-4-8-14)22-20(17)18(21)12-13/h2-12H,1H3. The lowest BCUT2D eigenvalue weighted by molar-refractivity contribution is 1.41. The summed E-state index contributed by atoms with van der Waals surface area (Å²) in [6.45, 7) is 2.06. The van der Waals surface area contributed by atoms with Crippen molar-refractivity contribution < 1.29 is 0 Å². The van der Waals surface area contributed by atoms with Crippen LogP contribution in [0.25, 0.3) is 32.9 Å². The van der Waals surface area contributed by atoms with E-state index in [1.54, 1.807) is 0 Å². The van der Waals surface area contributed by atoms with E-state index in [9.17, 15) is 0 Å². The Kier molecular flexibility index (Phi) is 3.09. The summed E-state index contributed by atoms with van der Waals surface area (Å²) in [5.41, 5.74) is 4.11. The van der Waals surface area contributed by atoms with Crippen molar-refractivity contribution >= 4 is 33.3 Å². The van der Waals surface area contributed by atoms with Gasteiger partial charge in [-0.05, 0) is 30.0 Å². The van der Waals surface area contributed by atoms with Gasteiger partial charge in [0.1, 0.15) is 0 Å². The first-order valence-electron chi connectivity index (χ1n) is 7.28. The summed E-state index contributed by atoms with van der Waals surface area (Å²) >= 11 is 6.46. The van der Waals surface area contributed by atoms with Crippen molar-refractivity contribution in [2.45, 2.75) is 6.92 Å². The van der Waals surface area contributed by atoms with Crippen LogP contribution in [0.15, 0.2) is 66.7 Å². The Morgan fingerprint density at radius 3 is 2.23 bits per heavy atom. The molecule has 3 aromatic carbocycles. The summed E-state index contributed by atoms with van der Waals surface area (Å²) < 4.78 is 0. The molecule has 106 valence electrons. The van der Waals surface area contributed by atoms with Gasteiger partial charge in [-0.1, -0.05) is 66.2 Å². The zero-order chi connectivity index (χ0) is 15.1. The lowest BCUT2D eigenvalue weighted by Crippen LogP contribution is -1.91. The lowest BCUT2D eigenvalue weighted by Gasteiger charge is -2.11. The van der Waals surface area contributed by atoms with Gasteiger partial charge in [-0.15, -0.1) is 0 Å². The van der Waals surface area contributed by atoms with Crippen LogP contribution >= 0.6 is 11.6 Å². The van der Waals surface area contributed by atoms with Crippen molar-refractivity contribution in [1.29, 1.82) is 0 Å². The van der Waals surface area contributed by atoms with E-state index in [-0.39, 0.29) is 0 Å². The SMILES string of the molecule is Cc1cc(Cl)c2nc(-c3ccccc3)c3ccccc3c2c1. The summed E-state index contributed by atoms with van der Waals surface area (Å²) in [5, 5.41) is 4.16. The number of pyridine rings is 1. The van der Waals surface area contributed by atoms with Crippen LogP contribution in [-0.2, 0) is 0 Å². The minimum absolute atomic E-state index is 0.706. The first kappa shape index (κ1) is 13.3. The molecule has 0 saturated heterocycles. The van der Waals surface area contributed by atoms with E-state index >= 15 is 0 Å². The number of aromatic nitrogens is 1. The number of rotatable bonds is 1. The maximum absolute atomic E-state index is 6.46. The van der Waals surface area contributed by atoms with Gasteiger partial charge in [0.2, 0.25) is 0 Å². The quantitative estimate of drug-likeness (QED) is 0.392. The van der Waals surface area contributed by atoms with Gasteiger partial charge < -0.3 is 0 Å². The van der Waals surface area contributed by atoms with Gasteiger partial charge in [0.15, 0.2) is 0 Å². The van der Waals surface area contributed by atoms with E-state index in [4.69, 9.17) is 16.6 Å². The summed E-state index contributed by atoms with van der Waals surface area (Å²) in [7, 11) is 0. The average molecular weight is 304 g/mol. The Morgan fingerprint density at radius 1 is 0.773 bits per heavy atom. The van der Waals surface area contributed by atoms with Crippen molar-refractivity contribution in [3.63, 3.8) is 0 Å². The van der Waals surface area contributed by atoms with E-state index in [0.29, 0.717) is 5.02 Å². The topological polar surface area (TPSA) is 12.9 Å². The fourth-order valence-corrected chi connectivity index (χ4v) is 3.28. The Morgan fingerprint density at radius 2 is 1.45 bits per heavy atom.